The fourth-order valence-electron chi connectivity index (χ4n) is 1.08. The number of nitrogens with zero attached hydrogens (tertiary/aromatic N) is 1. The molecule has 1 rings (SSSR count). The Balaban J connectivity index is 2.76. The zero-order valence-corrected chi connectivity index (χ0v) is 8.88. The first-order valence-electron chi connectivity index (χ1n) is 4.69. The molecule has 0 aliphatic carbocycles. The van der Waals surface area contributed by atoms with Gasteiger partial charge >= 0.3 is 5.97 Å². The Bertz CT molecular complexity index is 453. The molecule has 0 unspecified atom stereocenters. The summed E-state index contributed by atoms with van der Waals surface area (Å²) in [5, 5.41) is 8.67. The van der Waals surface area contributed by atoms with Gasteiger partial charge in [0.1, 0.15) is 11.6 Å². The van der Waals surface area contributed by atoms with Crippen molar-refractivity contribution in [1.29, 1.82) is 5.26 Å². The third kappa shape index (κ3) is 3.43. The van der Waals surface area contributed by atoms with Gasteiger partial charge in [-0.05, 0) is 11.6 Å². The molecule has 0 fully saturated rings. The molecule has 80 valence electrons. The van der Waals surface area contributed by atoms with Crippen molar-refractivity contribution in [3.8, 4) is 6.07 Å². The van der Waals surface area contributed by atoms with Crippen LogP contribution in [0.25, 0.3) is 6.08 Å². The van der Waals surface area contributed by atoms with Crippen molar-refractivity contribution in [2.24, 2.45) is 0 Å². The van der Waals surface area contributed by atoms with Crippen molar-refractivity contribution < 1.29 is 9.53 Å². The largest absolute Gasteiger partial charge is 0.465 e. The van der Waals surface area contributed by atoms with Crippen LogP contribution >= 0.6 is 0 Å². The number of rotatable bonds is 3. The van der Waals surface area contributed by atoms with Crippen LogP contribution in [0, 0.1) is 11.3 Å². The molecule has 0 bridgehead atoms. The summed E-state index contributed by atoms with van der Waals surface area (Å²) in [6.45, 7) is 0. The molecule has 16 heavy (non-hydrogen) atoms. The van der Waals surface area contributed by atoms with Gasteiger partial charge in [0.15, 0.2) is 0 Å². The normalized spacial score (nSPS) is 11.1. The number of benzene rings is 1. The lowest BCUT2D eigenvalue weighted by molar-refractivity contribution is -0.135. The lowest BCUT2D eigenvalue weighted by atomic mass is 10.2. The summed E-state index contributed by atoms with van der Waals surface area (Å²) >= 11 is 0. The molecule has 0 amide bonds. The lowest BCUT2D eigenvalue weighted by Gasteiger charge is -1.93. The number of esters is 1. The molecule has 0 atom stereocenters. The fraction of sp³-hybridized carbons (Fsp3) is 0.0769. The molecule has 0 saturated carbocycles. The fourth-order valence-corrected chi connectivity index (χ4v) is 1.08. The van der Waals surface area contributed by atoms with Crippen molar-refractivity contribution in [2.75, 3.05) is 7.11 Å². The summed E-state index contributed by atoms with van der Waals surface area (Å²) in [5.41, 5.74) is 0.982. The van der Waals surface area contributed by atoms with E-state index in [1.54, 1.807) is 18.2 Å². The van der Waals surface area contributed by atoms with E-state index < -0.39 is 5.97 Å². The van der Waals surface area contributed by atoms with Gasteiger partial charge in [-0.25, -0.2) is 4.79 Å². The first-order valence-corrected chi connectivity index (χ1v) is 4.69. The number of hydrogen-bond donors (Lipinski definition) is 0. The minimum atomic E-state index is -0.625. The predicted octanol–water partition coefficient (Wildman–Crippen LogP) is 2.32. The lowest BCUT2D eigenvalue weighted by Crippen LogP contribution is -2.02. The molecule has 0 heterocycles. The Hall–Kier alpha value is -2.34. The maximum Gasteiger partial charge on any atom is 0.348 e. The first-order chi connectivity index (χ1) is 7.77. The molecule has 0 saturated heterocycles. The van der Waals surface area contributed by atoms with Crippen LogP contribution in [0.3, 0.4) is 0 Å². The Kier molecular flexibility index (Phi) is 4.55. The van der Waals surface area contributed by atoms with Gasteiger partial charge in [-0.2, -0.15) is 5.26 Å². The highest BCUT2D eigenvalue weighted by Gasteiger charge is 2.05. The zero-order valence-electron chi connectivity index (χ0n) is 8.88. The third-order valence-corrected chi connectivity index (χ3v) is 1.88. The molecular formula is C13H11NO2. The van der Waals surface area contributed by atoms with Crippen molar-refractivity contribution in [3.05, 3.63) is 53.6 Å². The highest BCUT2D eigenvalue weighted by Crippen LogP contribution is 2.02. The molecule has 0 aliphatic heterocycles. The average molecular weight is 213 g/mol. The van der Waals surface area contributed by atoms with Crippen LogP contribution in [0.15, 0.2) is 48.1 Å². The summed E-state index contributed by atoms with van der Waals surface area (Å²) in [6, 6.07) is 11.4. The molecule has 0 radical (unpaired) electrons. The van der Waals surface area contributed by atoms with Gasteiger partial charge in [0.2, 0.25) is 0 Å². The van der Waals surface area contributed by atoms with E-state index in [1.165, 1.54) is 13.2 Å². The molecule has 0 aromatic heterocycles. The Morgan fingerprint density at radius 1 is 1.38 bits per heavy atom. The van der Waals surface area contributed by atoms with Crippen LogP contribution in [0.1, 0.15) is 5.56 Å². The van der Waals surface area contributed by atoms with Crippen LogP contribution < -0.4 is 0 Å². The molecular weight excluding hydrogens is 202 g/mol. The van der Waals surface area contributed by atoms with Gasteiger partial charge < -0.3 is 4.74 Å². The van der Waals surface area contributed by atoms with Gasteiger partial charge in [0.05, 0.1) is 7.11 Å². The van der Waals surface area contributed by atoms with E-state index in [-0.39, 0.29) is 5.57 Å². The second-order valence-electron chi connectivity index (χ2n) is 2.95. The van der Waals surface area contributed by atoms with Crippen molar-refractivity contribution in [2.45, 2.75) is 0 Å². The highest BCUT2D eigenvalue weighted by atomic mass is 16.5. The van der Waals surface area contributed by atoms with Gasteiger partial charge in [0, 0.05) is 0 Å². The zero-order chi connectivity index (χ0) is 11.8. The van der Waals surface area contributed by atoms with Gasteiger partial charge in [-0.15, -0.1) is 0 Å². The standard InChI is InChI=1S/C13H11NO2/c1-16-13(15)12(10-14)9-5-8-11-6-3-2-4-7-11/h2-9H,1H3/b8-5+,12-9-. The molecule has 0 aliphatic rings. The number of carbonyl (C=O) groups is 1. The van der Waals surface area contributed by atoms with Crippen molar-refractivity contribution in [1.82, 2.24) is 0 Å². The second kappa shape index (κ2) is 6.20. The Morgan fingerprint density at radius 3 is 2.62 bits per heavy atom. The smallest absolute Gasteiger partial charge is 0.348 e. The van der Waals surface area contributed by atoms with E-state index in [2.05, 4.69) is 4.74 Å². The minimum Gasteiger partial charge on any atom is -0.465 e. The van der Waals surface area contributed by atoms with Gasteiger partial charge in [-0.1, -0.05) is 42.5 Å². The number of hydrogen-bond acceptors (Lipinski definition) is 3. The SMILES string of the molecule is COC(=O)/C(C#N)=C\C=C\c1ccccc1. The van der Waals surface area contributed by atoms with Crippen LogP contribution in [0.4, 0.5) is 0 Å². The van der Waals surface area contributed by atoms with E-state index in [0.717, 1.165) is 5.56 Å². The first kappa shape index (κ1) is 11.7. The summed E-state index contributed by atoms with van der Waals surface area (Å²) in [7, 11) is 1.24. The maximum atomic E-state index is 11.0. The highest BCUT2D eigenvalue weighted by molar-refractivity contribution is 5.93. The Labute approximate surface area is 94.3 Å². The van der Waals surface area contributed by atoms with Crippen LogP contribution in [-0.2, 0) is 9.53 Å². The van der Waals surface area contributed by atoms with Gasteiger partial charge in [0.25, 0.3) is 0 Å². The van der Waals surface area contributed by atoms with Crippen LogP contribution in [0.5, 0.6) is 0 Å². The van der Waals surface area contributed by atoms with E-state index in [4.69, 9.17) is 5.26 Å². The van der Waals surface area contributed by atoms with Crippen molar-refractivity contribution >= 4 is 12.0 Å². The summed E-state index contributed by atoms with van der Waals surface area (Å²) < 4.78 is 4.44. The van der Waals surface area contributed by atoms with Crippen LogP contribution in [0.2, 0.25) is 0 Å². The number of carbonyl (C=O) groups excluding carboxylic acids is 1. The number of methoxy groups -OCH3 is 1. The molecule has 0 spiro atoms. The van der Waals surface area contributed by atoms with Crippen molar-refractivity contribution in [3.63, 3.8) is 0 Å². The van der Waals surface area contributed by atoms with Crippen LogP contribution in [-0.4, -0.2) is 13.1 Å². The van der Waals surface area contributed by atoms with E-state index in [9.17, 15) is 4.79 Å². The molecule has 3 nitrogen and oxygen atoms in total. The quantitative estimate of drug-likeness (QED) is 0.335. The third-order valence-electron chi connectivity index (χ3n) is 1.88. The molecule has 1 aromatic rings. The Morgan fingerprint density at radius 2 is 2.06 bits per heavy atom. The minimum absolute atomic E-state index is 0.0188. The number of allylic oxidation sites excluding steroid dienone is 2. The second-order valence-corrected chi connectivity index (χ2v) is 2.95. The van der Waals surface area contributed by atoms with Gasteiger partial charge in [-0.3, -0.25) is 0 Å². The monoisotopic (exact) mass is 213 g/mol. The van der Waals surface area contributed by atoms with E-state index in [1.807, 2.05) is 30.3 Å². The van der Waals surface area contributed by atoms with E-state index >= 15 is 0 Å². The molecule has 3 heteroatoms. The van der Waals surface area contributed by atoms with E-state index in [0.29, 0.717) is 0 Å². The average Bonchev–Trinajstić information content (AvgIpc) is 2.35. The maximum absolute atomic E-state index is 11.0. The summed E-state index contributed by atoms with van der Waals surface area (Å²) in [5.74, 6) is -0.625. The topological polar surface area (TPSA) is 50.1 Å². The summed E-state index contributed by atoms with van der Waals surface area (Å²) in [4.78, 5) is 11.0. The number of nitriles is 1. The number of ether oxygens (including phenoxy) is 1. The molecule has 0 N–H and O–H groups in total. The molecule has 1 aromatic carbocycles. The summed E-state index contributed by atoms with van der Waals surface area (Å²) in [6.07, 6.45) is 4.88. The predicted molar refractivity (Wildman–Crippen MR) is 61.2 cm³/mol.